The van der Waals surface area contributed by atoms with Gasteiger partial charge in [-0.1, -0.05) is 33.6 Å². The zero-order chi connectivity index (χ0) is 13.0. The standard InChI is InChI=1S/C15H31NO/c1-7-8-10(2)9-14(16-6)15-11(3)12(4)17-13(15)5/h10-16H,7-9H2,1-6H3. The Bertz CT molecular complexity index is 219. The number of nitrogens with one attached hydrogen (secondary N) is 1. The molecular weight excluding hydrogens is 210 g/mol. The molecular formula is C15H31NO. The molecule has 0 spiro atoms. The Labute approximate surface area is 108 Å². The van der Waals surface area contributed by atoms with Crippen molar-refractivity contribution in [3.05, 3.63) is 0 Å². The van der Waals surface area contributed by atoms with E-state index in [4.69, 9.17) is 4.74 Å². The van der Waals surface area contributed by atoms with Crippen molar-refractivity contribution >= 4 is 0 Å². The second-order valence-corrected chi connectivity index (χ2v) is 6.01. The molecule has 1 heterocycles. The predicted octanol–water partition coefficient (Wildman–Crippen LogP) is 3.46. The Hall–Kier alpha value is -0.0800. The molecule has 1 rings (SSSR count). The molecule has 6 atom stereocenters. The molecule has 1 aliphatic rings. The van der Waals surface area contributed by atoms with E-state index in [0.29, 0.717) is 30.1 Å². The lowest BCUT2D eigenvalue weighted by Gasteiger charge is -2.30. The van der Waals surface area contributed by atoms with Gasteiger partial charge in [0.2, 0.25) is 0 Å². The predicted molar refractivity (Wildman–Crippen MR) is 74.2 cm³/mol. The minimum absolute atomic E-state index is 0.395. The van der Waals surface area contributed by atoms with Gasteiger partial charge in [-0.15, -0.1) is 0 Å². The van der Waals surface area contributed by atoms with Crippen molar-refractivity contribution in [3.63, 3.8) is 0 Å². The molecule has 0 aromatic heterocycles. The minimum atomic E-state index is 0.395. The maximum absolute atomic E-state index is 5.97. The van der Waals surface area contributed by atoms with Crippen LogP contribution in [0, 0.1) is 17.8 Å². The monoisotopic (exact) mass is 241 g/mol. The lowest BCUT2D eigenvalue weighted by Crippen LogP contribution is -2.41. The highest BCUT2D eigenvalue weighted by Crippen LogP contribution is 2.36. The molecule has 2 heteroatoms. The summed E-state index contributed by atoms with van der Waals surface area (Å²) in [6.45, 7) is 11.4. The van der Waals surface area contributed by atoms with Gasteiger partial charge in [0.25, 0.3) is 0 Å². The van der Waals surface area contributed by atoms with Gasteiger partial charge in [-0.2, -0.15) is 0 Å². The van der Waals surface area contributed by atoms with E-state index in [2.05, 4.69) is 47.0 Å². The molecule has 0 aromatic carbocycles. The summed E-state index contributed by atoms with van der Waals surface area (Å²) in [5.41, 5.74) is 0. The molecule has 2 nitrogen and oxygen atoms in total. The Morgan fingerprint density at radius 2 is 1.82 bits per heavy atom. The Morgan fingerprint density at radius 1 is 1.18 bits per heavy atom. The van der Waals surface area contributed by atoms with Gasteiger partial charge in [-0.25, -0.2) is 0 Å². The highest BCUT2D eigenvalue weighted by atomic mass is 16.5. The van der Waals surface area contributed by atoms with Crippen LogP contribution in [0.3, 0.4) is 0 Å². The maximum atomic E-state index is 5.97. The molecule has 6 unspecified atom stereocenters. The summed E-state index contributed by atoms with van der Waals surface area (Å²) in [5.74, 6) is 2.14. The van der Waals surface area contributed by atoms with E-state index in [-0.39, 0.29) is 0 Å². The van der Waals surface area contributed by atoms with Gasteiger partial charge in [0.15, 0.2) is 0 Å². The lowest BCUT2D eigenvalue weighted by atomic mass is 9.79. The molecule has 0 bridgehead atoms. The van der Waals surface area contributed by atoms with Crippen LogP contribution < -0.4 is 5.32 Å². The smallest absolute Gasteiger partial charge is 0.0597 e. The van der Waals surface area contributed by atoms with E-state index in [1.54, 1.807) is 0 Å². The molecule has 17 heavy (non-hydrogen) atoms. The molecule has 0 aliphatic carbocycles. The van der Waals surface area contributed by atoms with Crippen LogP contribution in [-0.4, -0.2) is 25.3 Å². The largest absolute Gasteiger partial charge is 0.375 e. The van der Waals surface area contributed by atoms with Crippen molar-refractivity contribution in [3.8, 4) is 0 Å². The summed E-state index contributed by atoms with van der Waals surface area (Å²) in [6, 6.07) is 0.603. The highest BCUT2D eigenvalue weighted by Gasteiger charge is 2.41. The first kappa shape index (κ1) is 15.0. The van der Waals surface area contributed by atoms with Crippen LogP contribution in [-0.2, 0) is 4.74 Å². The Kier molecular flexibility index (Phi) is 5.94. The number of ether oxygens (including phenoxy) is 1. The molecule has 0 radical (unpaired) electrons. The molecule has 1 saturated heterocycles. The van der Waals surface area contributed by atoms with E-state index in [0.717, 1.165) is 5.92 Å². The van der Waals surface area contributed by atoms with Crippen molar-refractivity contribution in [2.75, 3.05) is 7.05 Å². The second kappa shape index (κ2) is 6.75. The van der Waals surface area contributed by atoms with Crippen LogP contribution in [0.4, 0.5) is 0 Å². The molecule has 0 aromatic rings. The number of rotatable bonds is 6. The van der Waals surface area contributed by atoms with Crippen molar-refractivity contribution in [2.24, 2.45) is 17.8 Å². The summed E-state index contributed by atoms with van der Waals surface area (Å²) in [4.78, 5) is 0. The zero-order valence-corrected chi connectivity index (χ0v) is 12.5. The molecule has 0 saturated carbocycles. The quantitative estimate of drug-likeness (QED) is 0.769. The van der Waals surface area contributed by atoms with E-state index < -0.39 is 0 Å². The van der Waals surface area contributed by atoms with Crippen molar-refractivity contribution in [1.29, 1.82) is 0 Å². The van der Waals surface area contributed by atoms with Gasteiger partial charge >= 0.3 is 0 Å². The van der Waals surface area contributed by atoms with Crippen LogP contribution in [0.15, 0.2) is 0 Å². The van der Waals surface area contributed by atoms with Crippen LogP contribution in [0.5, 0.6) is 0 Å². The molecule has 1 fully saturated rings. The Morgan fingerprint density at radius 3 is 2.24 bits per heavy atom. The van der Waals surface area contributed by atoms with Crippen molar-refractivity contribution < 1.29 is 4.74 Å². The zero-order valence-electron chi connectivity index (χ0n) is 12.5. The van der Waals surface area contributed by atoms with Gasteiger partial charge in [0, 0.05) is 12.0 Å². The van der Waals surface area contributed by atoms with Gasteiger partial charge in [-0.3, -0.25) is 0 Å². The summed E-state index contributed by atoms with van der Waals surface area (Å²) >= 11 is 0. The second-order valence-electron chi connectivity index (χ2n) is 6.01. The van der Waals surface area contributed by atoms with Gasteiger partial charge in [-0.05, 0) is 39.2 Å². The first-order chi connectivity index (χ1) is 8.01. The SMILES string of the molecule is CCCC(C)CC(NC)C1C(C)OC(C)C1C. The van der Waals surface area contributed by atoms with E-state index in [1.165, 1.54) is 19.3 Å². The fourth-order valence-corrected chi connectivity index (χ4v) is 3.50. The highest BCUT2D eigenvalue weighted by molar-refractivity contribution is 4.91. The average Bonchev–Trinajstić information content (AvgIpc) is 2.51. The topological polar surface area (TPSA) is 21.3 Å². The van der Waals surface area contributed by atoms with Gasteiger partial charge in [0.1, 0.15) is 0 Å². The minimum Gasteiger partial charge on any atom is -0.375 e. The number of hydrogen-bond acceptors (Lipinski definition) is 2. The van der Waals surface area contributed by atoms with Crippen molar-refractivity contribution in [1.82, 2.24) is 5.32 Å². The van der Waals surface area contributed by atoms with E-state index in [1.807, 2.05) is 0 Å². The van der Waals surface area contributed by atoms with Crippen LogP contribution in [0.2, 0.25) is 0 Å². The third-order valence-corrected chi connectivity index (χ3v) is 4.59. The fourth-order valence-electron chi connectivity index (χ4n) is 3.50. The van der Waals surface area contributed by atoms with Crippen LogP contribution in [0.25, 0.3) is 0 Å². The molecule has 0 amide bonds. The summed E-state index contributed by atoms with van der Waals surface area (Å²) in [7, 11) is 2.10. The Balaban J connectivity index is 2.60. The normalized spacial score (nSPS) is 37.1. The molecule has 1 N–H and O–H groups in total. The molecule has 1 aliphatic heterocycles. The maximum Gasteiger partial charge on any atom is 0.0597 e. The summed E-state index contributed by atoms with van der Waals surface area (Å²) in [6.07, 6.45) is 4.71. The van der Waals surface area contributed by atoms with Crippen LogP contribution in [0.1, 0.15) is 53.9 Å². The van der Waals surface area contributed by atoms with Crippen molar-refractivity contribution in [2.45, 2.75) is 72.1 Å². The fraction of sp³-hybridized carbons (Fsp3) is 1.00. The van der Waals surface area contributed by atoms with E-state index >= 15 is 0 Å². The first-order valence-corrected chi connectivity index (χ1v) is 7.33. The number of hydrogen-bond donors (Lipinski definition) is 1. The third-order valence-electron chi connectivity index (χ3n) is 4.59. The first-order valence-electron chi connectivity index (χ1n) is 7.33. The summed E-state index contributed by atoms with van der Waals surface area (Å²) < 4.78 is 5.97. The molecule has 102 valence electrons. The van der Waals surface area contributed by atoms with E-state index in [9.17, 15) is 0 Å². The van der Waals surface area contributed by atoms with Crippen LogP contribution >= 0.6 is 0 Å². The van der Waals surface area contributed by atoms with Gasteiger partial charge < -0.3 is 10.1 Å². The summed E-state index contributed by atoms with van der Waals surface area (Å²) in [5, 5.41) is 3.53. The lowest BCUT2D eigenvalue weighted by molar-refractivity contribution is 0.0468. The average molecular weight is 241 g/mol. The third kappa shape index (κ3) is 3.69. The van der Waals surface area contributed by atoms with Gasteiger partial charge in [0.05, 0.1) is 12.2 Å².